The summed E-state index contributed by atoms with van der Waals surface area (Å²) in [6, 6.07) is 7.44. The number of benzene rings is 1. The quantitative estimate of drug-likeness (QED) is 0.321. The lowest BCUT2D eigenvalue weighted by Crippen LogP contribution is -2.18. The Hall–Kier alpha value is -2.58. The molecule has 132 valence electrons. The molecule has 8 nitrogen and oxygen atoms in total. The molecule has 0 bridgehead atoms. The molecule has 0 aliphatic rings. The first-order valence-corrected chi connectivity index (χ1v) is 7.85. The summed E-state index contributed by atoms with van der Waals surface area (Å²) >= 11 is 11.7. The van der Waals surface area contributed by atoms with Crippen LogP contribution in [0.25, 0.3) is 0 Å². The highest BCUT2D eigenvalue weighted by molar-refractivity contribution is 6.35. The van der Waals surface area contributed by atoms with E-state index in [2.05, 4.69) is 10.5 Å². The Bertz CT molecular complexity index is 791. The fourth-order valence-corrected chi connectivity index (χ4v) is 2.20. The second-order valence-electron chi connectivity index (χ2n) is 4.75. The zero-order chi connectivity index (χ0) is 18.2. The van der Waals surface area contributed by atoms with Crippen LogP contribution in [0, 0.1) is 10.1 Å². The zero-order valence-electron chi connectivity index (χ0n) is 12.8. The van der Waals surface area contributed by atoms with Gasteiger partial charge in [0.25, 0.3) is 0 Å². The summed E-state index contributed by atoms with van der Waals surface area (Å²) in [5, 5.41) is 15.0. The van der Waals surface area contributed by atoms with Crippen LogP contribution in [-0.4, -0.2) is 23.7 Å². The van der Waals surface area contributed by atoms with Crippen molar-refractivity contribution in [2.45, 2.75) is 12.8 Å². The van der Waals surface area contributed by atoms with Crippen molar-refractivity contribution in [3.63, 3.8) is 0 Å². The molecule has 0 saturated heterocycles. The Morgan fingerprint density at radius 3 is 2.84 bits per heavy atom. The molecule has 0 aliphatic carbocycles. The number of nitrogens with one attached hydrogen (secondary N) is 1. The van der Waals surface area contributed by atoms with Gasteiger partial charge >= 0.3 is 5.88 Å². The summed E-state index contributed by atoms with van der Waals surface area (Å²) in [6.07, 6.45) is 1.81. The monoisotopic (exact) mass is 385 g/mol. The van der Waals surface area contributed by atoms with E-state index in [-0.39, 0.29) is 18.1 Å². The van der Waals surface area contributed by atoms with E-state index in [0.29, 0.717) is 28.8 Å². The summed E-state index contributed by atoms with van der Waals surface area (Å²) in [7, 11) is 0. The Kier molecular flexibility index (Phi) is 6.79. The first-order valence-electron chi connectivity index (χ1n) is 7.09. The van der Waals surface area contributed by atoms with Crippen molar-refractivity contribution in [3.05, 3.63) is 56.3 Å². The van der Waals surface area contributed by atoms with Gasteiger partial charge in [0.2, 0.25) is 5.91 Å². The number of halogens is 2. The molecule has 0 fully saturated rings. The number of carbonyl (C=O) groups excluding carboxylic acids is 1. The summed E-state index contributed by atoms with van der Waals surface area (Å²) in [6.45, 7) is 0.295. The van der Waals surface area contributed by atoms with Crippen molar-refractivity contribution in [3.8, 4) is 5.75 Å². The van der Waals surface area contributed by atoms with Crippen LogP contribution in [-0.2, 0) is 4.79 Å². The molecular weight excluding hydrogens is 373 g/mol. The molecule has 0 aliphatic heterocycles. The van der Waals surface area contributed by atoms with Gasteiger partial charge in [-0.2, -0.15) is 5.10 Å². The number of hydrazone groups is 1. The van der Waals surface area contributed by atoms with Gasteiger partial charge < -0.3 is 9.15 Å². The molecule has 1 aromatic carbocycles. The van der Waals surface area contributed by atoms with Crippen molar-refractivity contribution < 1.29 is 18.9 Å². The van der Waals surface area contributed by atoms with Crippen molar-refractivity contribution in [2.24, 2.45) is 5.10 Å². The fourth-order valence-electron chi connectivity index (χ4n) is 1.74. The fraction of sp³-hybridized carbons (Fsp3) is 0.200. The topological polar surface area (TPSA) is 107 Å². The third-order valence-electron chi connectivity index (χ3n) is 2.87. The van der Waals surface area contributed by atoms with Gasteiger partial charge in [-0.1, -0.05) is 23.2 Å². The molecule has 1 aromatic heterocycles. The molecule has 0 radical (unpaired) electrons. The van der Waals surface area contributed by atoms with E-state index >= 15 is 0 Å². The number of furan rings is 1. The highest BCUT2D eigenvalue weighted by atomic mass is 35.5. The first-order chi connectivity index (χ1) is 12.0. The van der Waals surface area contributed by atoms with Crippen LogP contribution in [0.5, 0.6) is 5.75 Å². The largest absolute Gasteiger partial charge is 0.492 e. The minimum absolute atomic E-state index is 0.160. The molecule has 1 heterocycles. The lowest BCUT2D eigenvalue weighted by Gasteiger charge is -2.07. The Balaban J connectivity index is 1.68. The Morgan fingerprint density at radius 2 is 2.16 bits per heavy atom. The second-order valence-corrected chi connectivity index (χ2v) is 5.60. The highest BCUT2D eigenvalue weighted by Gasteiger charge is 2.10. The van der Waals surface area contributed by atoms with Crippen LogP contribution < -0.4 is 10.2 Å². The average Bonchev–Trinajstić information content (AvgIpc) is 3.02. The van der Waals surface area contributed by atoms with E-state index in [1.165, 1.54) is 18.3 Å². The number of rotatable bonds is 8. The molecule has 2 rings (SSSR count). The maximum Gasteiger partial charge on any atom is 0.433 e. The SMILES string of the molecule is O=C(CCCOc1ccc(Cl)cc1Cl)NN=Cc1ccc([N+](=O)[O-])o1. The number of ether oxygens (including phenoxy) is 1. The van der Waals surface area contributed by atoms with E-state index < -0.39 is 10.8 Å². The molecule has 0 spiro atoms. The number of hydrogen-bond acceptors (Lipinski definition) is 6. The van der Waals surface area contributed by atoms with E-state index in [9.17, 15) is 14.9 Å². The van der Waals surface area contributed by atoms with Crippen molar-refractivity contribution in [1.29, 1.82) is 0 Å². The van der Waals surface area contributed by atoms with Crippen molar-refractivity contribution in [2.75, 3.05) is 6.61 Å². The van der Waals surface area contributed by atoms with Crippen LogP contribution >= 0.6 is 23.2 Å². The summed E-state index contributed by atoms with van der Waals surface area (Å²) in [5.74, 6) is -0.0782. The van der Waals surface area contributed by atoms with Gasteiger partial charge in [0.1, 0.15) is 10.7 Å². The van der Waals surface area contributed by atoms with Crippen LogP contribution in [0.4, 0.5) is 5.88 Å². The Labute approximate surface area is 152 Å². The second kappa shape index (κ2) is 9.05. The Morgan fingerprint density at radius 1 is 1.36 bits per heavy atom. The third-order valence-corrected chi connectivity index (χ3v) is 3.40. The molecule has 10 heteroatoms. The maximum absolute atomic E-state index is 11.6. The van der Waals surface area contributed by atoms with Gasteiger partial charge in [0.15, 0.2) is 5.76 Å². The normalized spacial score (nSPS) is 10.8. The van der Waals surface area contributed by atoms with Gasteiger partial charge in [-0.05, 0) is 30.7 Å². The summed E-state index contributed by atoms with van der Waals surface area (Å²) in [4.78, 5) is 21.4. The lowest BCUT2D eigenvalue weighted by atomic mass is 10.3. The summed E-state index contributed by atoms with van der Waals surface area (Å²) < 4.78 is 10.3. The number of amides is 1. The predicted molar refractivity (Wildman–Crippen MR) is 92.3 cm³/mol. The minimum Gasteiger partial charge on any atom is -0.492 e. The van der Waals surface area contributed by atoms with Gasteiger partial charge in [-0.25, -0.2) is 5.43 Å². The van der Waals surface area contributed by atoms with Crippen LogP contribution in [0.1, 0.15) is 18.6 Å². The number of hydrogen-bond donors (Lipinski definition) is 1. The summed E-state index contributed by atoms with van der Waals surface area (Å²) in [5.41, 5.74) is 2.29. The molecule has 0 saturated carbocycles. The number of nitro groups is 1. The van der Waals surface area contributed by atoms with Crippen LogP contribution in [0.2, 0.25) is 10.0 Å². The molecule has 0 atom stereocenters. The lowest BCUT2D eigenvalue weighted by molar-refractivity contribution is -0.402. The molecular formula is C15H13Cl2N3O5. The highest BCUT2D eigenvalue weighted by Crippen LogP contribution is 2.27. The van der Waals surface area contributed by atoms with Gasteiger partial charge in [0, 0.05) is 11.4 Å². The number of nitrogens with zero attached hydrogens (tertiary/aromatic N) is 2. The van der Waals surface area contributed by atoms with E-state index in [1.807, 2.05) is 0 Å². The molecule has 0 unspecified atom stereocenters. The van der Waals surface area contributed by atoms with Crippen molar-refractivity contribution in [1.82, 2.24) is 5.43 Å². The van der Waals surface area contributed by atoms with Crippen LogP contribution in [0.3, 0.4) is 0 Å². The zero-order valence-corrected chi connectivity index (χ0v) is 14.3. The van der Waals surface area contributed by atoms with E-state index in [4.69, 9.17) is 32.4 Å². The van der Waals surface area contributed by atoms with E-state index in [1.54, 1.807) is 18.2 Å². The van der Waals surface area contributed by atoms with Gasteiger partial charge in [-0.15, -0.1) is 0 Å². The minimum atomic E-state index is -0.664. The average molecular weight is 386 g/mol. The van der Waals surface area contributed by atoms with Crippen molar-refractivity contribution >= 4 is 41.2 Å². The van der Waals surface area contributed by atoms with Crippen LogP contribution in [0.15, 0.2) is 39.9 Å². The maximum atomic E-state index is 11.6. The molecule has 2 aromatic rings. The smallest absolute Gasteiger partial charge is 0.433 e. The van der Waals surface area contributed by atoms with Gasteiger partial charge in [-0.3, -0.25) is 14.9 Å². The molecule has 25 heavy (non-hydrogen) atoms. The molecule has 1 amide bonds. The number of carbonyl (C=O) groups is 1. The third kappa shape index (κ3) is 6.09. The molecule has 1 N–H and O–H groups in total. The predicted octanol–water partition coefficient (Wildman–Crippen LogP) is 3.80. The first kappa shape index (κ1) is 18.8. The van der Waals surface area contributed by atoms with Gasteiger partial charge in [0.05, 0.1) is 23.9 Å². The van der Waals surface area contributed by atoms with E-state index in [0.717, 1.165) is 0 Å². The standard InChI is InChI=1S/C15H13Cl2N3O5/c16-10-3-5-13(12(17)8-10)24-7-1-2-14(21)19-18-9-11-4-6-15(25-11)20(22)23/h3-6,8-9H,1-2,7H2,(H,19,21).